The number of halogens is 1. The van der Waals surface area contributed by atoms with E-state index in [0.29, 0.717) is 21.1 Å². The van der Waals surface area contributed by atoms with Gasteiger partial charge in [0.1, 0.15) is 6.07 Å². The normalized spacial score (nSPS) is 12.4. The molecule has 3 nitrogen and oxygen atoms in total. The van der Waals surface area contributed by atoms with Gasteiger partial charge in [0.05, 0.1) is 16.2 Å². The minimum Gasteiger partial charge on any atom is -0.223 e. The second kappa shape index (κ2) is 7.69. The van der Waals surface area contributed by atoms with Crippen LogP contribution in [0.1, 0.15) is 5.56 Å². The van der Waals surface area contributed by atoms with Crippen LogP contribution < -0.4 is 0 Å². The molecule has 2 aromatic carbocycles. The maximum Gasteiger partial charge on any atom is 0.183 e. The molecule has 0 amide bonds. The molecular formula is C17H14ClNO2S2. The van der Waals surface area contributed by atoms with Gasteiger partial charge < -0.3 is 0 Å². The summed E-state index contributed by atoms with van der Waals surface area (Å²) in [6, 6.07) is 17.1. The van der Waals surface area contributed by atoms with Gasteiger partial charge in [0, 0.05) is 9.93 Å². The van der Waals surface area contributed by atoms with Crippen LogP contribution in [-0.2, 0) is 9.84 Å². The molecule has 0 aliphatic rings. The molecule has 2 rings (SSSR count). The first-order chi connectivity index (χ1) is 11.0. The lowest BCUT2D eigenvalue weighted by molar-refractivity contribution is 0.599. The third kappa shape index (κ3) is 4.38. The smallest absolute Gasteiger partial charge is 0.183 e. The zero-order valence-corrected chi connectivity index (χ0v) is 14.8. The molecule has 0 saturated heterocycles. The summed E-state index contributed by atoms with van der Waals surface area (Å²) in [5.74, 6) is -0.205. The van der Waals surface area contributed by atoms with Crippen molar-refractivity contribution in [2.24, 2.45) is 0 Å². The fraction of sp³-hybridized carbons (Fsp3) is 0.118. The van der Waals surface area contributed by atoms with E-state index in [0.717, 1.165) is 0 Å². The van der Waals surface area contributed by atoms with Crippen LogP contribution in [0.25, 0.3) is 5.57 Å². The summed E-state index contributed by atoms with van der Waals surface area (Å²) in [4.78, 5) is 0.763. The summed E-state index contributed by atoms with van der Waals surface area (Å²) >= 11 is 7.13. The standard InChI is InChI=1S/C17H14ClNO2S2/c1-22-17(12-23(20,21)15-5-3-2-4-6-15)16(11-19)13-7-9-14(18)10-8-13/h2-10H,12H2,1H3/b17-16+. The Balaban J connectivity index is 2.45. The Morgan fingerprint density at radius 1 is 1.13 bits per heavy atom. The minimum absolute atomic E-state index is 0.205. The Morgan fingerprint density at radius 2 is 1.74 bits per heavy atom. The molecule has 0 radical (unpaired) electrons. The van der Waals surface area contributed by atoms with Crippen molar-refractivity contribution in [3.63, 3.8) is 0 Å². The predicted octanol–water partition coefficient (Wildman–Crippen LogP) is 4.41. The topological polar surface area (TPSA) is 57.9 Å². The van der Waals surface area contributed by atoms with Crippen LogP contribution >= 0.6 is 23.4 Å². The van der Waals surface area contributed by atoms with Gasteiger partial charge in [-0.05, 0) is 36.1 Å². The highest BCUT2D eigenvalue weighted by Crippen LogP contribution is 2.29. The van der Waals surface area contributed by atoms with Crippen LogP contribution in [0, 0.1) is 11.3 Å². The van der Waals surface area contributed by atoms with E-state index >= 15 is 0 Å². The van der Waals surface area contributed by atoms with Crippen molar-refractivity contribution < 1.29 is 8.42 Å². The molecule has 0 aromatic heterocycles. The zero-order valence-electron chi connectivity index (χ0n) is 12.4. The van der Waals surface area contributed by atoms with Gasteiger partial charge in [-0.25, -0.2) is 8.42 Å². The van der Waals surface area contributed by atoms with Crippen LogP contribution in [0.2, 0.25) is 5.02 Å². The molecule has 118 valence electrons. The molecule has 0 saturated carbocycles. The summed E-state index contributed by atoms with van der Waals surface area (Å²) in [7, 11) is -3.50. The number of hydrogen-bond acceptors (Lipinski definition) is 4. The molecule has 6 heteroatoms. The van der Waals surface area contributed by atoms with Crippen LogP contribution in [0.3, 0.4) is 0 Å². The fourth-order valence-electron chi connectivity index (χ4n) is 2.02. The van der Waals surface area contributed by atoms with Crippen LogP contribution in [0.4, 0.5) is 0 Å². The van der Waals surface area contributed by atoms with Gasteiger partial charge in [0.15, 0.2) is 9.84 Å². The average molecular weight is 364 g/mol. The molecule has 2 aromatic rings. The summed E-state index contributed by atoms with van der Waals surface area (Å²) in [5.41, 5.74) is 1.01. The predicted molar refractivity (Wildman–Crippen MR) is 96.0 cm³/mol. The molecule has 0 atom stereocenters. The highest BCUT2D eigenvalue weighted by atomic mass is 35.5. The number of hydrogen-bond donors (Lipinski definition) is 0. The SMILES string of the molecule is CS/C(CS(=O)(=O)c1ccccc1)=C(\C#N)c1ccc(Cl)cc1. The largest absolute Gasteiger partial charge is 0.223 e. The van der Waals surface area contributed by atoms with Gasteiger partial charge in [-0.1, -0.05) is 41.9 Å². The third-order valence-corrected chi connectivity index (χ3v) is 6.13. The molecule has 0 spiro atoms. The van der Waals surface area contributed by atoms with Gasteiger partial charge in [0.25, 0.3) is 0 Å². The first-order valence-corrected chi connectivity index (χ1v) is 9.94. The first kappa shape index (κ1) is 17.6. The van der Waals surface area contributed by atoms with Crippen molar-refractivity contribution in [1.29, 1.82) is 5.26 Å². The highest BCUT2D eigenvalue weighted by Gasteiger charge is 2.19. The maximum atomic E-state index is 12.5. The molecular weight excluding hydrogens is 350 g/mol. The van der Waals surface area contributed by atoms with E-state index in [1.807, 2.05) is 0 Å². The van der Waals surface area contributed by atoms with Crippen molar-refractivity contribution in [2.75, 3.05) is 12.0 Å². The molecule has 0 unspecified atom stereocenters. The Kier molecular flexibility index (Phi) is 5.89. The van der Waals surface area contributed by atoms with Crippen molar-refractivity contribution in [1.82, 2.24) is 0 Å². The molecule has 0 aliphatic heterocycles. The monoisotopic (exact) mass is 363 g/mol. The van der Waals surface area contributed by atoms with E-state index in [9.17, 15) is 13.7 Å². The number of benzene rings is 2. The van der Waals surface area contributed by atoms with E-state index in [1.165, 1.54) is 11.8 Å². The van der Waals surface area contributed by atoms with Crippen LogP contribution in [0.5, 0.6) is 0 Å². The van der Waals surface area contributed by atoms with E-state index in [-0.39, 0.29) is 10.6 Å². The number of nitrogens with zero attached hydrogens (tertiary/aromatic N) is 1. The fourth-order valence-corrected chi connectivity index (χ4v) is 4.68. The van der Waals surface area contributed by atoms with Crippen LogP contribution in [0.15, 0.2) is 64.4 Å². The lowest BCUT2D eigenvalue weighted by atomic mass is 10.1. The third-order valence-electron chi connectivity index (χ3n) is 3.19. The zero-order chi connectivity index (χ0) is 16.9. The quantitative estimate of drug-likeness (QED) is 0.738. The molecule has 0 N–H and O–H groups in total. The number of nitriles is 1. The Bertz CT molecular complexity index is 852. The van der Waals surface area contributed by atoms with Gasteiger partial charge in [0.2, 0.25) is 0 Å². The second-order valence-electron chi connectivity index (χ2n) is 4.69. The van der Waals surface area contributed by atoms with Gasteiger partial charge in [-0.2, -0.15) is 5.26 Å². The summed E-state index contributed by atoms with van der Waals surface area (Å²) in [6.45, 7) is 0. The van der Waals surface area contributed by atoms with Crippen molar-refractivity contribution in [3.05, 3.63) is 70.1 Å². The molecule has 23 heavy (non-hydrogen) atoms. The number of rotatable bonds is 5. The number of allylic oxidation sites excluding steroid dienone is 1. The summed E-state index contributed by atoms with van der Waals surface area (Å²) < 4.78 is 25.1. The Morgan fingerprint density at radius 3 is 2.26 bits per heavy atom. The molecule has 0 heterocycles. The highest BCUT2D eigenvalue weighted by molar-refractivity contribution is 8.04. The van der Waals surface area contributed by atoms with E-state index < -0.39 is 9.84 Å². The number of sulfone groups is 1. The average Bonchev–Trinajstić information content (AvgIpc) is 2.57. The lowest BCUT2D eigenvalue weighted by Crippen LogP contribution is -2.09. The van der Waals surface area contributed by atoms with E-state index in [4.69, 9.17) is 11.6 Å². The van der Waals surface area contributed by atoms with E-state index in [1.54, 1.807) is 60.9 Å². The van der Waals surface area contributed by atoms with Crippen LogP contribution in [-0.4, -0.2) is 20.4 Å². The number of thioether (sulfide) groups is 1. The molecule has 0 fully saturated rings. The second-order valence-corrected chi connectivity index (χ2v) is 8.02. The molecule has 0 aliphatic carbocycles. The van der Waals surface area contributed by atoms with Gasteiger partial charge >= 0.3 is 0 Å². The lowest BCUT2D eigenvalue weighted by Gasteiger charge is -2.10. The minimum atomic E-state index is -3.50. The van der Waals surface area contributed by atoms with Crippen molar-refractivity contribution in [2.45, 2.75) is 4.90 Å². The van der Waals surface area contributed by atoms with Gasteiger partial charge in [-0.3, -0.25) is 0 Å². The molecule has 0 bridgehead atoms. The Labute approximate surface area is 145 Å². The summed E-state index contributed by atoms with van der Waals surface area (Å²) in [6.07, 6.45) is 1.77. The summed E-state index contributed by atoms with van der Waals surface area (Å²) in [5, 5.41) is 10.0. The van der Waals surface area contributed by atoms with Gasteiger partial charge in [-0.15, -0.1) is 11.8 Å². The Hall–Kier alpha value is -1.74. The van der Waals surface area contributed by atoms with E-state index in [2.05, 4.69) is 6.07 Å². The van der Waals surface area contributed by atoms with Crippen molar-refractivity contribution in [3.8, 4) is 6.07 Å². The first-order valence-electron chi connectivity index (χ1n) is 6.69. The maximum absolute atomic E-state index is 12.5. The van der Waals surface area contributed by atoms with Crippen molar-refractivity contribution >= 4 is 38.8 Å².